The molecule has 2 atom stereocenters. The van der Waals surface area contributed by atoms with E-state index in [0.29, 0.717) is 5.92 Å². The number of benzene rings is 1. The Morgan fingerprint density at radius 2 is 1.89 bits per heavy atom. The first-order chi connectivity index (χ1) is 13.2. The van der Waals surface area contributed by atoms with Gasteiger partial charge in [0.15, 0.2) is 0 Å². The SMILES string of the molecule is CCN1CCN(c2ccc(NC(=O)NC3CC3c3ccccc3)cn2)CC1. The van der Waals surface area contributed by atoms with Gasteiger partial charge in [-0.05, 0) is 30.7 Å². The van der Waals surface area contributed by atoms with Crippen LogP contribution in [0, 0.1) is 0 Å². The van der Waals surface area contributed by atoms with Gasteiger partial charge in [0, 0.05) is 38.1 Å². The number of carbonyl (C=O) groups excluding carboxylic acids is 1. The maximum Gasteiger partial charge on any atom is 0.319 e. The van der Waals surface area contributed by atoms with Crippen molar-refractivity contribution in [1.29, 1.82) is 0 Å². The first-order valence-electron chi connectivity index (χ1n) is 9.79. The Morgan fingerprint density at radius 1 is 1.11 bits per heavy atom. The van der Waals surface area contributed by atoms with E-state index < -0.39 is 0 Å². The maximum atomic E-state index is 12.2. The number of hydrogen-bond donors (Lipinski definition) is 2. The predicted molar refractivity (Wildman–Crippen MR) is 108 cm³/mol. The van der Waals surface area contributed by atoms with E-state index in [1.807, 2.05) is 30.3 Å². The van der Waals surface area contributed by atoms with E-state index in [1.54, 1.807) is 6.20 Å². The molecule has 0 spiro atoms. The normalized spacial score (nSPS) is 22.3. The third-order valence-corrected chi connectivity index (χ3v) is 5.48. The molecule has 2 aliphatic rings. The molecule has 2 N–H and O–H groups in total. The number of nitrogens with one attached hydrogen (secondary N) is 2. The van der Waals surface area contributed by atoms with Gasteiger partial charge < -0.3 is 20.4 Å². The minimum absolute atomic E-state index is 0.162. The zero-order valence-electron chi connectivity index (χ0n) is 15.8. The third kappa shape index (κ3) is 4.39. The number of piperazine rings is 1. The highest BCUT2D eigenvalue weighted by Gasteiger charge is 2.39. The van der Waals surface area contributed by atoms with E-state index >= 15 is 0 Å². The fraction of sp³-hybridized carbons (Fsp3) is 0.429. The lowest BCUT2D eigenvalue weighted by Crippen LogP contribution is -2.46. The minimum atomic E-state index is -0.162. The molecule has 27 heavy (non-hydrogen) atoms. The number of likely N-dealkylation sites (N-methyl/N-ethyl adjacent to an activating group) is 1. The molecule has 1 aromatic carbocycles. The minimum Gasteiger partial charge on any atom is -0.354 e. The Labute approximate surface area is 160 Å². The molecule has 2 aromatic rings. The van der Waals surface area contributed by atoms with Gasteiger partial charge in [-0.2, -0.15) is 0 Å². The van der Waals surface area contributed by atoms with Crippen LogP contribution in [-0.2, 0) is 0 Å². The van der Waals surface area contributed by atoms with Gasteiger partial charge in [-0.3, -0.25) is 0 Å². The molecule has 1 aromatic heterocycles. The van der Waals surface area contributed by atoms with Gasteiger partial charge in [-0.25, -0.2) is 9.78 Å². The van der Waals surface area contributed by atoms with Crippen LogP contribution in [0.4, 0.5) is 16.3 Å². The Morgan fingerprint density at radius 3 is 2.56 bits per heavy atom. The van der Waals surface area contributed by atoms with Crippen molar-refractivity contribution in [2.45, 2.75) is 25.3 Å². The van der Waals surface area contributed by atoms with Crippen molar-refractivity contribution in [3.8, 4) is 0 Å². The second-order valence-corrected chi connectivity index (χ2v) is 7.28. The molecule has 2 heterocycles. The van der Waals surface area contributed by atoms with Crippen molar-refractivity contribution >= 4 is 17.5 Å². The highest BCUT2D eigenvalue weighted by atomic mass is 16.2. The Kier molecular flexibility index (Phi) is 5.25. The third-order valence-electron chi connectivity index (χ3n) is 5.48. The number of pyridine rings is 1. The average molecular weight is 365 g/mol. The van der Waals surface area contributed by atoms with E-state index in [0.717, 1.165) is 50.6 Å². The van der Waals surface area contributed by atoms with E-state index in [2.05, 4.69) is 44.5 Å². The zero-order chi connectivity index (χ0) is 18.6. The molecule has 0 bridgehead atoms. The lowest BCUT2D eigenvalue weighted by molar-refractivity contribution is 0.251. The first kappa shape index (κ1) is 17.8. The van der Waals surface area contributed by atoms with E-state index in [1.165, 1.54) is 5.56 Å². The Bertz CT molecular complexity index is 756. The first-order valence-corrected chi connectivity index (χ1v) is 9.79. The van der Waals surface area contributed by atoms with Crippen LogP contribution in [0.25, 0.3) is 0 Å². The highest BCUT2D eigenvalue weighted by molar-refractivity contribution is 5.89. The van der Waals surface area contributed by atoms with Crippen molar-refractivity contribution in [3.05, 3.63) is 54.2 Å². The fourth-order valence-electron chi connectivity index (χ4n) is 3.70. The summed E-state index contributed by atoms with van der Waals surface area (Å²) in [4.78, 5) is 21.5. The Hall–Kier alpha value is -2.60. The molecule has 142 valence electrons. The fourth-order valence-corrected chi connectivity index (χ4v) is 3.70. The van der Waals surface area contributed by atoms with Gasteiger partial charge in [0.25, 0.3) is 0 Å². The number of carbonyl (C=O) groups is 1. The summed E-state index contributed by atoms with van der Waals surface area (Å²) < 4.78 is 0. The number of rotatable bonds is 5. The topological polar surface area (TPSA) is 60.5 Å². The van der Waals surface area contributed by atoms with Crippen molar-refractivity contribution in [3.63, 3.8) is 0 Å². The number of nitrogens with zero attached hydrogens (tertiary/aromatic N) is 3. The smallest absolute Gasteiger partial charge is 0.319 e. The largest absolute Gasteiger partial charge is 0.354 e. The summed E-state index contributed by atoms with van der Waals surface area (Å²) in [7, 11) is 0. The van der Waals surface area contributed by atoms with Gasteiger partial charge >= 0.3 is 6.03 Å². The molecule has 2 fully saturated rings. The summed E-state index contributed by atoms with van der Waals surface area (Å²) in [5, 5.41) is 5.94. The summed E-state index contributed by atoms with van der Waals surface area (Å²) in [6, 6.07) is 14.3. The molecule has 0 radical (unpaired) electrons. The van der Waals surface area contributed by atoms with Gasteiger partial charge in [0.05, 0.1) is 11.9 Å². The molecule has 2 amide bonds. The summed E-state index contributed by atoms with van der Waals surface area (Å²) in [5.41, 5.74) is 2.01. The maximum absolute atomic E-state index is 12.2. The summed E-state index contributed by atoms with van der Waals surface area (Å²) in [5.74, 6) is 1.40. The lowest BCUT2D eigenvalue weighted by Gasteiger charge is -2.34. The molecule has 1 saturated heterocycles. The van der Waals surface area contributed by atoms with E-state index in [-0.39, 0.29) is 12.1 Å². The number of anilines is 2. The second kappa shape index (κ2) is 7.96. The van der Waals surface area contributed by atoms with Crippen molar-refractivity contribution < 1.29 is 4.79 Å². The molecular weight excluding hydrogens is 338 g/mol. The number of hydrogen-bond acceptors (Lipinski definition) is 4. The second-order valence-electron chi connectivity index (χ2n) is 7.28. The van der Waals surface area contributed by atoms with Crippen molar-refractivity contribution in [2.24, 2.45) is 0 Å². The van der Waals surface area contributed by atoms with Crippen LogP contribution in [-0.4, -0.2) is 54.7 Å². The van der Waals surface area contributed by atoms with Crippen LogP contribution in [0.15, 0.2) is 48.7 Å². The van der Waals surface area contributed by atoms with Crippen molar-refractivity contribution in [1.82, 2.24) is 15.2 Å². The van der Waals surface area contributed by atoms with Crippen LogP contribution in [0.1, 0.15) is 24.8 Å². The molecule has 4 rings (SSSR count). The van der Waals surface area contributed by atoms with Gasteiger partial charge in [0.1, 0.15) is 5.82 Å². The quantitative estimate of drug-likeness (QED) is 0.855. The number of urea groups is 1. The monoisotopic (exact) mass is 365 g/mol. The molecular formula is C21H27N5O. The number of amides is 2. The average Bonchev–Trinajstić information content (AvgIpc) is 3.48. The van der Waals surface area contributed by atoms with Crippen LogP contribution in [0.2, 0.25) is 0 Å². The molecule has 1 aliphatic heterocycles. The summed E-state index contributed by atoms with van der Waals surface area (Å²) in [6.07, 6.45) is 2.74. The van der Waals surface area contributed by atoms with Gasteiger partial charge in [-0.1, -0.05) is 37.3 Å². The van der Waals surface area contributed by atoms with Crippen LogP contribution in [0.5, 0.6) is 0 Å². The molecule has 1 aliphatic carbocycles. The number of aromatic nitrogens is 1. The molecule has 1 saturated carbocycles. The summed E-state index contributed by atoms with van der Waals surface area (Å²) in [6.45, 7) is 7.44. The molecule has 2 unspecified atom stereocenters. The lowest BCUT2D eigenvalue weighted by atomic mass is 10.1. The van der Waals surface area contributed by atoms with Gasteiger partial charge in [0.2, 0.25) is 0 Å². The molecule has 6 nitrogen and oxygen atoms in total. The summed E-state index contributed by atoms with van der Waals surface area (Å²) >= 11 is 0. The van der Waals surface area contributed by atoms with E-state index in [4.69, 9.17) is 0 Å². The zero-order valence-corrected chi connectivity index (χ0v) is 15.8. The molecule has 6 heteroatoms. The predicted octanol–water partition coefficient (Wildman–Crippen LogP) is 2.90. The van der Waals surface area contributed by atoms with Crippen LogP contribution < -0.4 is 15.5 Å². The van der Waals surface area contributed by atoms with Gasteiger partial charge in [-0.15, -0.1) is 0 Å². The Balaban J connectivity index is 1.26. The van der Waals surface area contributed by atoms with Crippen molar-refractivity contribution in [2.75, 3.05) is 42.9 Å². The highest BCUT2D eigenvalue weighted by Crippen LogP contribution is 2.40. The van der Waals surface area contributed by atoms with Crippen LogP contribution in [0.3, 0.4) is 0 Å². The van der Waals surface area contributed by atoms with Crippen LogP contribution >= 0.6 is 0 Å². The standard InChI is InChI=1S/C21H27N5O/c1-2-25-10-12-26(13-11-25)20-9-8-17(15-22-20)23-21(27)24-19-14-18(19)16-6-4-3-5-7-16/h3-9,15,18-19H,2,10-14H2,1H3,(H2,23,24,27). The van der Waals surface area contributed by atoms with E-state index in [9.17, 15) is 4.79 Å².